The van der Waals surface area contributed by atoms with E-state index in [4.69, 9.17) is 9.84 Å². The van der Waals surface area contributed by atoms with Crippen molar-refractivity contribution in [2.75, 3.05) is 13.2 Å². The van der Waals surface area contributed by atoms with E-state index in [0.717, 1.165) is 4.47 Å². The molecule has 0 bridgehead atoms. The number of benzene rings is 1. The lowest BCUT2D eigenvalue weighted by Gasteiger charge is -2.08. The molecular formula is C10H11BrO3. The van der Waals surface area contributed by atoms with Crippen LogP contribution in [0.3, 0.4) is 0 Å². The zero-order chi connectivity index (χ0) is 10.6. The van der Waals surface area contributed by atoms with Gasteiger partial charge in [0.2, 0.25) is 0 Å². The fraction of sp³-hybridized carbons (Fsp3) is 0.300. The van der Waals surface area contributed by atoms with E-state index in [1.54, 1.807) is 18.2 Å². The summed E-state index contributed by atoms with van der Waals surface area (Å²) in [7, 11) is 0. The van der Waals surface area contributed by atoms with Crippen LogP contribution in [0.25, 0.3) is 0 Å². The van der Waals surface area contributed by atoms with Gasteiger partial charge in [0.05, 0.1) is 12.2 Å². The fourth-order valence-electron chi connectivity index (χ4n) is 1.06. The van der Waals surface area contributed by atoms with Crippen LogP contribution in [0.4, 0.5) is 0 Å². The highest BCUT2D eigenvalue weighted by Gasteiger charge is 2.08. The third-order valence-electron chi connectivity index (χ3n) is 1.67. The van der Waals surface area contributed by atoms with Gasteiger partial charge in [0.25, 0.3) is 0 Å². The number of ether oxygens (including phenoxy) is 1. The molecule has 3 nitrogen and oxygen atoms in total. The van der Waals surface area contributed by atoms with Gasteiger partial charge < -0.3 is 9.84 Å². The van der Waals surface area contributed by atoms with Crippen molar-refractivity contribution in [2.45, 2.75) is 6.92 Å². The molecule has 0 aliphatic rings. The Bertz CT molecular complexity index is 336. The summed E-state index contributed by atoms with van der Waals surface area (Å²) in [5, 5.41) is 8.59. The minimum Gasteiger partial charge on any atom is -0.490 e. The first kappa shape index (κ1) is 11.2. The quantitative estimate of drug-likeness (QED) is 0.841. The lowest BCUT2D eigenvalue weighted by atomic mass is 10.1. The van der Waals surface area contributed by atoms with Crippen molar-refractivity contribution in [3.8, 4) is 5.75 Å². The Kier molecular flexibility index (Phi) is 4.10. The summed E-state index contributed by atoms with van der Waals surface area (Å²) in [6.07, 6.45) is 0. The minimum atomic E-state index is -0.0621. The van der Waals surface area contributed by atoms with Gasteiger partial charge in [-0.3, -0.25) is 4.79 Å². The van der Waals surface area contributed by atoms with Gasteiger partial charge in [-0.25, -0.2) is 0 Å². The number of Topliss-reactive ketones (excluding diaryl/α,β-unsaturated/α-hetero) is 1. The molecule has 0 aromatic heterocycles. The molecule has 0 aliphatic heterocycles. The van der Waals surface area contributed by atoms with Crippen LogP contribution in [0, 0.1) is 0 Å². The fourth-order valence-corrected chi connectivity index (χ4v) is 1.42. The van der Waals surface area contributed by atoms with Crippen molar-refractivity contribution in [3.63, 3.8) is 0 Å². The van der Waals surface area contributed by atoms with Crippen molar-refractivity contribution in [1.29, 1.82) is 0 Å². The number of rotatable bonds is 4. The molecular weight excluding hydrogens is 248 g/mol. The standard InChI is InChI=1S/C10H11BrO3/c1-7(13)9-6-8(11)2-3-10(9)14-5-4-12/h2-3,6,12H,4-5H2,1H3. The van der Waals surface area contributed by atoms with E-state index in [2.05, 4.69) is 15.9 Å². The first-order valence-electron chi connectivity index (χ1n) is 4.19. The van der Waals surface area contributed by atoms with Gasteiger partial charge in [-0.15, -0.1) is 0 Å². The maximum atomic E-state index is 11.2. The predicted molar refractivity (Wildman–Crippen MR) is 56.7 cm³/mol. The van der Waals surface area contributed by atoms with Crippen molar-refractivity contribution < 1.29 is 14.6 Å². The van der Waals surface area contributed by atoms with E-state index in [0.29, 0.717) is 11.3 Å². The molecule has 0 radical (unpaired) electrons. The van der Waals surface area contributed by atoms with Crippen LogP contribution < -0.4 is 4.74 Å². The summed E-state index contributed by atoms with van der Waals surface area (Å²) in [5.41, 5.74) is 0.521. The Morgan fingerprint density at radius 2 is 2.29 bits per heavy atom. The molecule has 0 fully saturated rings. The molecule has 1 aromatic rings. The SMILES string of the molecule is CC(=O)c1cc(Br)ccc1OCCO. The number of carbonyl (C=O) groups excluding carboxylic acids is 1. The van der Waals surface area contributed by atoms with Gasteiger partial charge in [0.1, 0.15) is 12.4 Å². The summed E-state index contributed by atoms with van der Waals surface area (Å²) in [4.78, 5) is 11.2. The monoisotopic (exact) mass is 258 g/mol. The zero-order valence-corrected chi connectivity index (χ0v) is 9.37. The Morgan fingerprint density at radius 1 is 1.57 bits per heavy atom. The number of aliphatic hydroxyl groups excluding tert-OH is 1. The normalized spacial score (nSPS) is 9.93. The average molecular weight is 259 g/mol. The lowest BCUT2D eigenvalue weighted by molar-refractivity contribution is 0.101. The molecule has 76 valence electrons. The topological polar surface area (TPSA) is 46.5 Å². The molecule has 1 N–H and O–H groups in total. The molecule has 0 amide bonds. The smallest absolute Gasteiger partial charge is 0.163 e. The molecule has 4 heteroatoms. The third kappa shape index (κ3) is 2.82. The van der Waals surface area contributed by atoms with E-state index in [1.165, 1.54) is 6.92 Å². The maximum Gasteiger partial charge on any atom is 0.163 e. The van der Waals surface area contributed by atoms with Gasteiger partial charge in [-0.2, -0.15) is 0 Å². The van der Waals surface area contributed by atoms with E-state index in [1.807, 2.05) is 0 Å². The predicted octanol–water partition coefficient (Wildman–Crippen LogP) is 2.02. The van der Waals surface area contributed by atoms with Gasteiger partial charge in [-0.1, -0.05) is 15.9 Å². The van der Waals surface area contributed by atoms with E-state index >= 15 is 0 Å². The van der Waals surface area contributed by atoms with Crippen LogP contribution in [0.1, 0.15) is 17.3 Å². The second-order valence-electron chi connectivity index (χ2n) is 2.77. The highest BCUT2D eigenvalue weighted by molar-refractivity contribution is 9.10. The largest absolute Gasteiger partial charge is 0.490 e. The Labute approximate surface area is 90.8 Å². The summed E-state index contributed by atoms with van der Waals surface area (Å²) >= 11 is 3.28. The van der Waals surface area contributed by atoms with Crippen LogP contribution in [0.5, 0.6) is 5.75 Å². The number of hydrogen-bond acceptors (Lipinski definition) is 3. The second kappa shape index (κ2) is 5.12. The molecule has 0 unspecified atom stereocenters. The van der Waals surface area contributed by atoms with Gasteiger partial charge in [0.15, 0.2) is 5.78 Å². The third-order valence-corrected chi connectivity index (χ3v) is 2.16. The van der Waals surface area contributed by atoms with Crippen LogP contribution >= 0.6 is 15.9 Å². The average Bonchev–Trinajstić information content (AvgIpc) is 2.15. The van der Waals surface area contributed by atoms with Crippen LogP contribution in [-0.4, -0.2) is 24.1 Å². The summed E-state index contributed by atoms with van der Waals surface area (Å²) < 4.78 is 6.04. The molecule has 0 heterocycles. The highest BCUT2D eigenvalue weighted by atomic mass is 79.9. The van der Waals surface area contributed by atoms with E-state index in [-0.39, 0.29) is 19.0 Å². The Morgan fingerprint density at radius 3 is 2.86 bits per heavy atom. The van der Waals surface area contributed by atoms with Crippen LogP contribution in [0.2, 0.25) is 0 Å². The number of halogens is 1. The van der Waals surface area contributed by atoms with Gasteiger partial charge in [0, 0.05) is 4.47 Å². The molecule has 0 saturated carbocycles. The number of ketones is 1. The van der Waals surface area contributed by atoms with Crippen LogP contribution in [-0.2, 0) is 0 Å². The first-order valence-corrected chi connectivity index (χ1v) is 4.98. The first-order chi connectivity index (χ1) is 6.65. The molecule has 0 aliphatic carbocycles. The Balaban J connectivity index is 2.96. The molecule has 14 heavy (non-hydrogen) atoms. The summed E-state index contributed by atoms with van der Waals surface area (Å²) in [5.74, 6) is 0.453. The van der Waals surface area contributed by atoms with Crippen LogP contribution in [0.15, 0.2) is 22.7 Å². The van der Waals surface area contributed by atoms with E-state index in [9.17, 15) is 4.79 Å². The van der Waals surface area contributed by atoms with Crippen molar-refractivity contribution in [1.82, 2.24) is 0 Å². The second-order valence-corrected chi connectivity index (χ2v) is 3.68. The van der Waals surface area contributed by atoms with E-state index < -0.39 is 0 Å². The highest BCUT2D eigenvalue weighted by Crippen LogP contribution is 2.23. The molecule has 1 aromatic carbocycles. The molecule has 1 rings (SSSR count). The van der Waals surface area contributed by atoms with Gasteiger partial charge in [-0.05, 0) is 25.1 Å². The van der Waals surface area contributed by atoms with Gasteiger partial charge >= 0.3 is 0 Å². The van der Waals surface area contributed by atoms with Crippen molar-refractivity contribution in [3.05, 3.63) is 28.2 Å². The summed E-state index contributed by atoms with van der Waals surface area (Å²) in [6.45, 7) is 1.61. The van der Waals surface area contributed by atoms with Crippen molar-refractivity contribution >= 4 is 21.7 Å². The zero-order valence-electron chi connectivity index (χ0n) is 7.79. The lowest BCUT2D eigenvalue weighted by Crippen LogP contribution is -2.05. The van der Waals surface area contributed by atoms with Crippen molar-refractivity contribution in [2.24, 2.45) is 0 Å². The molecule has 0 saturated heterocycles. The Hall–Kier alpha value is -0.870. The minimum absolute atomic E-state index is 0.0563. The number of carbonyl (C=O) groups is 1. The number of aliphatic hydroxyl groups is 1. The molecule has 0 atom stereocenters. The number of hydrogen-bond donors (Lipinski definition) is 1. The maximum absolute atomic E-state index is 11.2. The summed E-state index contributed by atoms with van der Waals surface area (Å²) in [6, 6.07) is 5.20. The molecule has 0 spiro atoms.